The van der Waals surface area contributed by atoms with Crippen molar-refractivity contribution in [3.8, 4) is 5.75 Å². The number of hydrogen-bond donors (Lipinski definition) is 2. The maximum atomic E-state index is 11.8. The van der Waals surface area contributed by atoms with Gasteiger partial charge in [-0.25, -0.2) is 8.42 Å². The lowest BCUT2D eigenvalue weighted by Gasteiger charge is -2.18. The second-order valence-electron chi connectivity index (χ2n) is 5.82. The summed E-state index contributed by atoms with van der Waals surface area (Å²) in [6.45, 7) is -0.165. The summed E-state index contributed by atoms with van der Waals surface area (Å²) in [4.78, 5) is 23.1. The fraction of sp³-hybridized carbons (Fsp3) is 0.467. The smallest absolute Gasteiger partial charge is 0.258 e. The van der Waals surface area contributed by atoms with Gasteiger partial charge in [0.25, 0.3) is 5.91 Å². The Bertz CT molecular complexity index is 744. The number of amides is 2. The third kappa shape index (κ3) is 4.01. The summed E-state index contributed by atoms with van der Waals surface area (Å²) in [5, 5.41) is 5.45. The van der Waals surface area contributed by atoms with Crippen molar-refractivity contribution in [3.63, 3.8) is 0 Å². The first-order chi connectivity index (χ1) is 10.9. The van der Waals surface area contributed by atoms with Crippen LogP contribution < -0.4 is 15.4 Å². The van der Waals surface area contributed by atoms with Gasteiger partial charge in [0.1, 0.15) is 5.75 Å². The molecular weight excluding hydrogens is 320 g/mol. The predicted octanol–water partition coefficient (Wildman–Crippen LogP) is 0.253. The van der Waals surface area contributed by atoms with E-state index in [4.69, 9.17) is 4.74 Å². The molecule has 0 saturated carbocycles. The first kappa shape index (κ1) is 15.8. The minimum atomic E-state index is -3.01. The molecule has 23 heavy (non-hydrogen) atoms. The maximum absolute atomic E-state index is 11.8. The largest absolute Gasteiger partial charge is 0.484 e. The topological polar surface area (TPSA) is 102 Å². The van der Waals surface area contributed by atoms with Crippen LogP contribution in [0.15, 0.2) is 18.2 Å². The van der Waals surface area contributed by atoms with Crippen LogP contribution >= 0.6 is 0 Å². The number of rotatable bonds is 4. The summed E-state index contributed by atoms with van der Waals surface area (Å²) in [6, 6.07) is 4.93. The summed E-state index contributed by atoms with van der Waals surface area (Å²) >= 11 is 0. The third-order valence-electron chi connectivity index (χ3n) is 3.94. The highest BCUT2D eigenvalue weighted by Crippen LogP contribution is 2.26. The molecule has 124 valence electrons. The zero-order valence-electron chi connectivity index (χ0n) is 12.5. The Kier molecular flexibility index (Phi) is 4.25. The van der Waals surface area contributed by atoms with Crippen molar-refractivity contribution >= 4 is 27.3 Å². The van der Waals surface area contributed by atoms with Crippen LogP contribution in [0.3, 0.4) is 0 Å². The molecule has 0 spiro atoms. The molecule has 1 fully saturated rings. The first-order valence-corrected chi connectivity index (χ1v) is 9.29. The van der Waals surface area contributed by atoms with Crippen LogP contribution in [0.1, 0.15) is 18.4 Å². The number of anilines is 1. The van der Waals surface area contributed by atoms with Crippen molar-refractivity contribution in [1.82, 2.24) is 5.32 Å². The highest BCUT2D eigenvalue weighted by molar-refractivity contribution is 7.91. The van der Waals surface area contributed by atoms with Gasteiger partial charge < -0.3 is 15.4 Å². The van der Waals surface area contributed by atoms with Gasteiger partial charge in [0.2, 0.25) is 5.91 Å². The van der Waals surface area contributed by atoms with Crippen LogP contribution in [-0.4, -0.2) is 44.4 Å². The zero-order chi connectivity index (χ0) is 16.4. The molecule has 8 heteroatoms. The Morgan fingerprint density at radius 2 is 2.17 bits per heavy atom. The molecule has 0 aliphatic carbocycles. The third-order valence-corrected chi connectivity index (χ3v) is 5.71. The lowest BCUT2D eigenvalue weighted by atomic mass is 10.0. The summed E-state index contributed by atoms with van der Waals surface area (Å²) in [5.41, 5.74) is 1.75. The molecule has 7 nitrogen and oxygen atoms in total. The second kappa shape index (κ2) is 6.19. The fourth-order valence-corrected chi connectivity index (χ4v) is 4.45. The van der Waals surface area contributed by atoms with E-state index >= 15 is 0 Å². The van der Waals surface area contributed by atoms with Crippen molar-refractivity contribution in [2.75, 3.05) is 23.4 Å². The van der Waals surface area contributed by atoms with E-state index in [1.807, 2.05) is 6.07 Å². The molecule has 2 aliphatic heterocycles. The van der Waals surface area contributed by atoms with Crippen LogP contribution in [-0.2, 0) is 25.8 Å². The zero-order valence-corrected chi connectivity index (χ0v) is 13.3. The average Bonchev–Trinajstić information content (AvgIpc) is 2.84. The van der Waals surface area contributed by atoms with E-state index in [2.05, 4.69) is 10.6 Å². The summed E-state index contributed by atoms with van der Waals surface area (Å²) in [5.74, 6) is 0.330. The molecule has 0 aromatic heterocycles. The molecule has 2 N–H and O–H groups in total. The van der Waals surface area contributed by atoms with E-state index in [9.17, 15) is 18.0 Å². The van der Waals surface area contributed by atoms with Gasteiger partial charge in [-0.05, 0) is 36.6 Å². The summed E-state index contributed by atoms with van der Waals surface area (Å²) in [7, 11) is -3.01. The van der Waals surface area contributed by atoms with Gasteiger partial charge in [-0.3, -0.25) is 9.59 Å². The number of nitrogens with one attached hydrogen (secondary N) is 2. The second-order valence-corrected chi connectivity index (χ2v) is 8.05. The molecular formula is C15H18N2O5S. The number of ether oxygens (including phenoxy) is 1. The van der Waals surface area contributed by atoms with Gasteiger partial charge in [-0.15, -0.1) is 0 Å². The SMILES string of the molecule is O=C1CCc2cc(OCC(=O)N[C@H]3CCS(=O)(=O)C3)ccc2N1. The minimum absolute atomic E-state index is 0.00270. The average molecular weight is 338 g/mol. The molecule has 0 bridgehead atoms. The molecule has 2 aliphatic rings. The molecule has 1 atom stereocenters. The monoisotopic (exact) mass is 338 g/mol. The molecule has 2 amide bonds. The van der Waals surface area contributed by atoms with Gasteiger partial charge in [-0.2, -0.15) is 0 Å². The van der Waals surface area contributed by atoms with E-state index in [0.717, 1.165) is 11.3 Å². The van der Waals surface area contributed by atoms with Crippen LogP contribution in [0.5, 0.6) is 5.75 Å². The number of sulfone groups is 1. The first-order valence-electron chi connectivity index (χ1n) is 7.47. The van der Waals surface area contributed by atoms with Crippen LogP contribution in [0.25, 0.3) is 0 Å². The summed E-state index contributed by atoms with van der Waals surface area (Å²) < 4.78 is 28.1. The molecule has 2 heterocycles. The van der Waals surface area contributed by atoms with Gasteiger partial charge in [0, 0.05) is 18.2 Å². The van der Waals surface area contributed by atoms with E-state index < -0.39 is 9.84 Å². The molecule has 3 rings (SSSR count). The van der Waals surface area contributed by atoms with Crippen molar-refractivity contribution in [1.29, 1.82) is 0 Å². The molecule has 0 radical (unpaired) electrons. The molecule has 0 unspecified atom stereocenters. The van der Waals surface area contributed by atoms with E-state index in [1.54, 1.807) is 12.1 Å². The maximum Gasteiger partial charge on any atom is 0.258 e. The lowest BCUT2D eigenvalue weighted by Crippen LogP contribution is -2.38. The standard InChI is InChI=1S/C15H18N2O5S/c18-14-4-1-10-7-12(2-3-13(10)17-14)22-8-15(19)16-11-5-6-23(20,21)9-11/h2-3,7,11H,1,4-6,8-9H2,(H,16,19)(H,17,18)/t11-/m0/s1. The van der Waals surface area contributed by atoms with E-state index in [-0.39, 0.29) is 36.0 Å². The Morgan fingerprint density at radius 3 is 2.91 bits per heavy atom. The Hall–Kier alpha value is -2.09. The Balaban J connectivity index is 1.52. The van der Waals surface area contributed by atoms with Crippen molar-refractivity contribution in [2.45, 2.75) is 25.3 Å². The van der Waals surface area contributed by atoms with Crippen molar-refractivity contribution in [3.05, 3.63) is 23.8 Å². The van der Waals surface area contributed by atoms with Gasteiger partial charge in [0.05, 0.1) is 11.5 Å². The molecule has 1 aromatic carbocycles. The normalized spacial score (nSPS) is 22.1. The number of hydrogen-bond acceptors (Lipinski definition) is 5. The van der Waals surface area contributed by atoms with Crippen LogP contribution in [0.4, 0.5) is 5.69 Å². The highest BCUT2D eigenvalue weighted by atomic mass is 32.2. The van der Waals surface area contributed by atoms with Crippen molar-refractivity contribution in [2.24, 2.45) is 0 Å². The number of benzene rings is 1. The Morgan fingerprint density at radius 1 is 1.35 bits per heavy atom. The fourth-order valence-electron chi connectivity index (χ4n) is 2.78. The van der Waals surface area contributed by atoms with E-state index in [1.165, 1.54) is 0 Å². The Labute approximate surface area is 134 Å². The van der Waals surface area contributed by atoms with Gasteiger partial charge in [-0.1, -0.05) is 0 Å². The number of fused-ring (bicyclic) bond motifs is 1. The number of carbonyl (C=O) groups is 2. The van der Waals surface area contributed by atoms with Gasteiger partial charge in [0.15, 0.2) is 16.4 Å². The number of aryl methyl sites for hydroxylation is 1. The minimum Gasteiger partial charge on any atom is -0.484 e. The molecule has 1 aromatic rings. The lowest BCUT2D eigenvalue weighted by molar-refractivity contribution is -0.123. The van der Waals surface area contributed by atoms with Gasteiger partial charge >= 0.3 is 0 Å². The van der Waals surface area contributed by atoms with Crippen molar-refractivity contribution < 1.29 is 22.7 Å². The molecule has 1 saturated heterocycles. The number of carbonyl (C=O) groups excluding carboxylic acids is 2. The van der Waals surface area contributed by atoms with Crippen LogP contribution in [0, 0.1) is 0 Å². The predicted molar refractivity (Wildman–Crippen MR) is 84.1 cm³/mol. The summed E-state index contributed by atoms with van der Waals surface area (Å²) in [6.07, 6.45) is 1.53. The van der Waals surface area contributed by atoms with Crippen LogP contribution in [0.2, 0.25) is 0 Å². The quantitative estimate of drug-likeness (QED) is 0.820. The highest BCUT2D eigenvalue weighted by Gasteiger charge is 2.28. The van der Waals surface area contributed by atoms with E-state index in [0.29, 0.717) is 25.0 Å².